The van der Waals surface area contributed by atoms with Gasteiger partial charge in [-0.1, -0.05) is 12.1 Å². The van der Waals surface area contributed by atoms with E-state index >= 15 is 0 Å². The Morgan fingerprint density at radius 2 is 1.72 bits per heavy atom. The lowest BCUT2D eigenvalue weighted by molar-refractivity contribution is -0.145. The molecule has 1 unspecified atom stereocenters. The van der Waals surface area contributed by atoms with Gasteiger partial charge in [-0.25, -0.2) is 5.48 Å². The summed E-state index contributed by atoms with van der Waals surface area (Å²) in [4.78, 5) is 41.7. The molecule has 0 spiro atoms. The van der Waals surface area contributed by atoms with Crippen LogP contribution in [0.3, 0.4) is 0 Å². The maximum absolute atomic E-state index is 12.1. The maximum Gasteiger partial charge on any atom is 0.266 e. The van der Waals surface area contributed by atoms with Gasteiger partial charge in [0.15, 0.2) is 0 Å². The lowest BCUT2D eigenvalue weighted by atomic mass is 10.1. The zero-order valence-corrected chi connectivity index (χ0v) is 9.38. The van der Waals surface area contributed by atoms with Crippen LogP contribution in [0.1, 0.15) is 27.1 Å². The molecule has 1 aromatic carbocycles. The number of hydroxylamine groups is 1. The highest BCUT2D eigenvalue weighted by Crippen LogP contribution is 2.26. The predicted octanol–water partition coefficient (Wildman–Crippen LogP) is 0.103. The molecule has 2 aliphatic rings. The van der Waals surface area contributed by atoms with Gasteiger partial charge in [-0.05, 0) is 12.1 Å². The molecule has 92 valence electrons. The molecule has 0 aromatic heterocycles. The summed E-state index contributed by atoms with van der Waals surface area (Å²) in [5.41, 5.74) is 2.89. The van der Waals surface area contributed by atoms with E-state index in [1.807, 2.05) is 0 Å². The number of carbonyl (C=O) groups is 3. The van der Waals surface area contributed by atoms with Gasteiger partial charge in [0.2, 0.25) is 0 Å². The number of amides is 3. The zero-order chi connectivity index (χ0) is 12.7. The van der Waals surface area contributed by atoms with Crippen molar-refractivity contribution in [1.82, 2.24) is 10.4 Å². The molecule has 6 heteroatoms. The fourth-order valence-electron chi connectivity index (χ4n) is 2.23. The van der Waals surface area contributed by atoms with Crippen LogP contribution >= 0.6 is 0 Å². The zero-order valence-electron chi connectivity index (χ0n) is 9.38. The third-order valence-electron chi connectivity index (χ3n) is 3.11. The number of fused-ring (bicyclic) bond motifs is 1. The van der Waals surface area contributed by atoms with E-state index in [0.717, 1.165) is 4.90 Å². The van der Waals surface area contributed by atoms with Crippen molar-refractivity contribution in [3.8, 4) is 0 Å². The number of hydrogen-bond acceptors (Lipinski definition) is 4. The highest BCUT2D eigenvalue weighted by atomic mass is 16.7. The molecule has 1 aromatic rings. The fourth-order valence-corrected chi connectivity index (χ4v) is 2.23. The van der Waals surface area contributed by atoms with Crippen molar-refractivity contribution in [2.75, 3.05) is 6.61 Å². The Bertz CT molecular complexity index is 520. The van der Waals surface area contributed by atoms with Crippen molar-refractivity contribution in [1.29, 1.82) is 0 Å². The first-order valence-corrected chi connectivity index (χ1v) is 5.58. The SMILES string of the molecule is O=C1NOCCC1N1C(=O)c2ccccc2C1=O. The molecule has 2 heterocycles. The van der Waals surface area contributed by atoms with Crippen molar-refractivity contribution in [2.45, 2.75) is 12.5 Å². The van der Waals surface area contributed by atoms with Gasteiger partial charge in [0.25, 0.3) is 17.7 Å². The third-order valence-corrected chi connectivity index (χ3v) is 3.11. The molecule has 18 heavy (non-hydrogen) atoms. The Labute approximate surface area is 102 Å². The monoisotopic (exact) mass is 246 g/mol. The van der Waals surface area contributed by atoms with Crippen LogP contribution in [0.5, 0.6) is 0 Å². The van der Waals surface area contributed by atoms with Gasteiger partial charge in [0.1, 0.15) is 6.04 Å². The first-order chi connectivity index (χ1) is 8.70. The number of hydrogen-bond donors (Lipinski definition) is 1. The molecule has 6 nitrogen and oxygen atoms in total. The smallest absolute Gasteiger partial charge is 0.266 e. The molecule has 3 rings (SSSR count). The van der Waals surface area contributed by atoms with Crippen LogP contribution < -0.4 is 5.48 Å². The maximum atomic E-state index is 12.1. The van der Waals surface area contributed by atoms with Gasteiger partial charge < -0.3 is 0 Å². The van der Waals surface area contributed by atoms with E-state index in [1.54, 1.807) is 24.3 Å². The van der Waals surface area contributed by atoms with E-state index in [4.69, 9.17) is 4.84 Å². The summed E-state index contributed by atoms with van der Waals surface area (Å²) in [5, 5.41) is 0. The van der Waals surface area contributed by atoms with E-state index in [-0.39, 0.29) is 6.61 Å². The average molecular weight is 246 g/mol. The van der Waals surface area contributed by atoms with Crippen molar-refractivity contribution in [2.24, 2.45) is 0 Å². The molecule has 1 fully saturated rings. The molecular formula is C12H10N2O4. The molecule has 0 bridgehead atoms. The molecule has 0 aliphatic carbocycles. The highest BCUT2D eigenvalue weighted by molar-refractivity contribution is 6.22. The predicted molar refractivity (Wildman–Crippen MR) is 59.4 cm³/mol. The fraction of sp³-hybridized carbons (Fsp3) is 0.250. The van der Waals surface area contributed by atoms with Gasteiger partial charge >= 0.3 is 0 Å². The van der Waals surface area contributed by atoms with E-state index < -0.39 is 23.8 Å². The van der Waals surface area contributed by atoms with E-state index in [0.29, 0.717) is 17.5 Å². The third kappa shape index (κ3) is 1.42. The normalized spacial score (nSPS) is 23.0. The largest absolute Gasteiger partial charge is 0.274 e. The Morgan fingerprint density at radius 3 is 2.28 bits per heavy atom. The number of nitrogens with zero attached hydrogens (tertiary/aromatic N) is 1. The quantitative estimate of drug-likeness (QED) is 0.713. The van der Waals surface area contributed by atoms with Crippen LogP contribution in [0.15, 0.2) is 24.3 Å². The van der Waals surface area contributed by atoms with E-state index in [1.165, 1.54) is 0 Å². The Hall–Kier alpha value is -2.21. The number of imide groups is 1. The van der Waals surface area contributed by atoms with Crippen LogP contribution in [0.4, 0.5) is 0 Å². The molecule has 1 saturated heterocycles. The minimum Gasteiger partial charge on any atom is -0.274 e. The van der Waals surface area contributed by atoms with Gasteiger partial charge in [0.05, 0.1) is 17.7 Å². The van der Waals surface area contributed by atoms with Gasteiger partial charge in [-0.2, -0.15) is 0 Å². The van der Waals surface area contributed by atoms with Crippen LogP contribution in [-0.4, -0.2) is 35.3 Å². The lowest BCUT2D eigenvalue weighted by Gasteiger charge is -2.28. The Morgan fingerprint density at radius 1 is 1.11 bits per heavy atom. The molecular weight excluding hydrogens is 236 g/mol. The summed E-state index contributed by atoms with van der Waals surface area (Å²) in [6, 6.07) is 5.78. The van der Waals surface area contributed by atoms with Crippen LogP contribution in [0, 0.1) is 0 Å². The van der Waals surface area contributed by atoms with Gasteiger partial charge in [-0.3, -0.25) is 24.1 Å². The Kier molecular flexibility index (Phi) is 2.38. The second-order valence-electron chi connectivity index (χ2n) is 4.15. The first kappa shape index (κ1) is 10.9. The van der Waals surface area contributed by atoms with Gasteiger partial charge in [0, 0.05) is 6.42 Å². The average Bonchev–Trinajstić information content (AvgIpc) is 2.64. The van der Waals surface area contributed by atoms with E-state index in [9.17, 15) is 14.4 Å². The number of benzene rings is 1. The second kappa shape index (κ2) is 3.92. The van der Waals surface area contributed by atoms with E-state index in [2.05, 4.69) is 5.48 Å². The summed E-state index contributed by atoms with van der Waals surface area (Å²) in [7, 11) is 0. The summed E-state index contributed by atoms with van der Waals surface area (Å²) in [5.74, 6) is -1.30. The number of carbonyl (C=O) groups excluding carboxylic acids is 3. The molecule has 1 atom stereocenters. The van der Waals surface area contributed by atoms with Crippen molar-refractivity contribution in [3.05, 3.63) is 35.4 Å². The number of nitrogens with one attached hydrogen (secondary N) is 1. The summed E-state index contributed by atoms with van der Waals surface area (Å²) >= 11 is 0. The molecule has 0 radical (unpaired) electrons. The lowest BCUT2D eigenvalue weighted by Crippen LogP contribution is -2.53. The minimum atomic E-state index is -0.786. The summed E-state index contributed by atoms with van der Waals surface area (Å²) < 4.78 is 0. The van der Waals surface area contributed by atoms with Crippen molar-refractivity contribution >= 4 is 17.7 Å². The first-order valence-electron chi connectivity index (χ1n) is 5.58. The van der Waals surface area contributed by atoms with Crippen LogP contribution in [0.25, 0.3) is 0 Å². The summed E-state index contributed by atoms with van der Waals surface area (Å²) in [6.07, 6.45) is 0.317. The van der Waals surface area contributed by atoms with Crippen molar-refractivity contribution < 1.29 is 19.2 Å². The van der Waals surface area contributed by atoms with Gasteiger partial charge in [-0.15, -0.1) is 0 Å². The Balaban J connectivity index is 1.99. The highest BCUT2D eigenvalue weighted by Gasteiger charge is 2.43. The van der Waals surface area contributed by atoms with Crippen LogP contribution in [-0.2, 0) is 9.63 Å². The topological polar surface area (TPSA) is 75.7 Å². The summed E-state index contributed by atoms with van der Waals surface area (Å²) in [6.45, 7) is 0.282. The molecule has 2 aliphatic heterocycles. The minimum absolute atomic E-state index is 0.282. The van der Waals surface area contributed by atoms with Crippen LogP contribution in [0.2, 0.25) is 0 Å². The second-order valence-corrected chi connectivity index (χ2v) is 4.15. The molecule has 0 saturated carbocycles. The van der Waals surface area contributed by atoms with Crippen molar-refractivity contribution in [3.63, 3.8) is 0 Å². The molecule has 1 N–H and O–H groups in total. The molecule has 3 amide bonds. The standard InChI is InChI=1S/C12H10N2O4/c15-10-9(5-6-18-13-10)14-11(16)7-3-1-2-4-8(7)12(14)17/h1-4,9H,5-6H2,(H,13,15). The number of rotatable bonds is 1.